The van der Waals surface area contributed by atoms with Crippen LogP contribution in [0.2, 0.25) is 5.02 Å². The van der Waals surface area contributed by atoms with Gasteiger partial charge in [-0.05, 0) is 37.1 Å². The Kier molecular flexibility index (Phi) is 6.65. The van der Waals surface area contributed by atoms with E-state index < -0.39 is 0 Å². The normalized spacial score (nSPS) is 21.1. The largest absolute Gasteiger partial charge is 0.373 e. The lowest BCUT2D eigenvalue weighted by Crippen LogP contribution is -2.44. The smallest absolute Gasteiger partial charge is 0.129 e. The topological polar surface area (TPSA) is 24.5 Å². The molecule has 1 heterocycles. The summed E-state index contributed by atoms with van der Waals surface area (Å²) in [5, 5.41) is 3.72. The molecule has 0 radical (unpaired) electrons. The molecule has 0 aliphatic carbocycles. The maximum Gasteiger partial charge on any atom is 0.129 e. The molecule has 1 aliphatic heterocycles. The average molecular weight is 377 g/mol. The molecule has 0 amide bonds. The van der Waals surface area contributed by atoms with E-state index in [1.54, 1.807) is 12.1 Å². The molecule has 0 saturated carbocycles. The van der Waals surface area contributed by atoms with Gasteiger partial charge in [-0.25, -0.2) is 4.39 Å². The fraction of sp³-hybridized carbons (Fsp3) is 0.429. The Morgan fingerprint density at radius 2 is 1.69 bits per heavy atom. The van der Waals surface area contributed by atoms with Crippen molar-refractivity contribution in [2.75, 3.05) is 13.1 Å². The maximum atomic E-state index is 13.8. The van der Waals surface area contributed by atoms with Gasteiger partial charge in [0.25, 0.3) is 0 Å². The van der Waals surface area contributed by atoms with Gasteiger partial charge in [-0.2, -0.15) is 0 Å². The van der Waals surface area contributed by atoms with Crippen molar-refractivity contribution in [3.05, 3.63) is 70.0 Å². The molecular formula is C21H26ClFN2O. The Labute approximate surface area is 160 Å². The highest BCUT2D eigenvalue weighted by Gasteiger charge is 2.21. The van der Waals surface area contributed by atoms with Gasteiger partial charge in [0.1, 0.15) is 5.82 Å². The van der Waals surface area contributed by atoms with E-state index >= 15 is 0 Å². The van der Waals surface area contributed by atoms with Crippen LogP contribution in [0, 0.1) is 5.82 Å². The lowest BCUT2D eigenvalue weighted by molar-refractivity contribution is -0.0704. The highest BCUT2D eigenvalue weighted by atomic mass is 35.5. The first-order chi connectivity index (χ1) is 12.5. The predicted octanol–water partition coefficient (Wildman–Crippen LogP) is 4.38. The molecule has 1 fully saturated rings. The third-order valence-corrected chi connectivity index (χ3v) is 4.97. The summed E-state index contributed by atoms with van der Waals surface area (Å²) >= 11 is 6.05. The van der Waals surface area contributed by atoms with Crippen molar-refractivity contribution in [3.63, 3.8) is 0 Å². The Bertz CT molecular complexity index is 692. The van der Waals surface area contributed by atoms with Crippen LogP contribution in [-0.4, -0.2) is 30.2 Å². The number of halogens is 2. The molecule has 1 saturated heterocycles. The van der Waals surface area contributed by atoms with Crippen molar-refractivity contribution < 1.29 is 9.13 Å². The summed E-state index contributed by atoms with van der Waals surface area (Å²) < 4.78 is 19.6. The zero-order chi connectivity index (χ0) is 18.5. The van der Waals surface area contributed by atoms with Crippen molar-refractivity contribution in [2.24, 2.45) is 0 Å². The lowest BCUT2D eigenvalue weighted by atomic mass is 10.1. The summed E-state index contributed by atoms with van der Waals surface area (Å²) in [6.07, 6.45) is 0.569. The summed E-state index contributed by atoms with van der Waals surface area (Å²) in [4.78, 5) is 2.44. The third-order valence-electron chi connectivity index (χ3n) is 4.62. The monoisotopic (exact) mass is 376 g/mol. The molecule has 2 aromatic rings. The number of benzene rings is 2. The van der Waals surface area contributed by atoms with Crippen LogP contribution >= 0.6 is 11.6 Å². The highest BCUT2D eigenvalue weighted by molar-refractivity contribution is 6.31. The third kappa shape index (κ3) is 5.27. The first-order valence-electron chi connectivity index (χ1n) is 9.10. The second-order valence-electron chi connectivity index (χ2n) is 7.07. The van der Waals surface area contributed by atoms with Crippen LogP contribution in [0.5, 0.6) is 0 Å². The number of hydrogen-bond acceptors (Lipinski definition) is 3. The number of rotatable bonds is 6. The van der Waals surface area contributed by atoms with Gasteiger partial charge in [0.15, 0.2) is 0 Å². The Morgan fingerprint density at radius 3 is 2.35 bits per heavy atom. The molecular weight excluding hydrogens is 351 g/mol. The standard InChI is InChI=1S/C21H26ClFN2O/c1-15-12-25(13-16(2)26-15)14-18-8-6-17(7-9-18)10-24-11-19-20(22)4-3-5-21(19)23/h3-9,15-16,24H,10-14H2,1-2H3/t15-,16-/m1/s1. The Hall–Kier alpha value is -1.46. The predicted molar refractivity (Wildman–Crippen MR) is 104 cm³/mol. The van der Waals surface area contributed by atoms with Gasteiger partial charge in [-0.1, -0.05) is 41.9 Å². The van der Waals surface area contributed by atoms with E-state index in [-0.39, 0.29) is 18.0 Å². The second-order valence-corrected chi connectivity index (χ2v) is 7.48. The molecule has 2 aromatic carbocycles. The van der Waals surface area contributed by atoms with E-state index in [1.807, 2.05) is 0 Å². The molecule has 0 unspecified atom stereocenters. The van der Waals surface area contributed by atoms with Gasteiger partial charge >= 0.3 is 0 Å². The summed E-state index contributed by atoms with van der Waals surface area (Å²) in [5.41, 5.74) is 2.98. The maximum absolute atomic E-state index is 13.8. The molecule has 5 heteroatoms. The summed E-state index contributed by atoms with van der Waals surface area (Å²) in [6, 6.07) is 13.3. The summed E-state index contributed by atoms with van der Waals surface area (Å²) in [6.45, 7) is 8.22. The molecule has 140 valence electrons. The van der Waals surface area contributed by atoms with E-state index in [0.717, 1.165) is 19.6 Å². The zero-order valence-electron chi connectivity index (χ0n) is 15.3. The van der Waals surface area contributed by atoms with Gasteiger partial charge in [0, 0.05) is 43.3 Å². The molecule has 26 heavy (non-hydrogen) atoms. The van der Waals surface area contributed by atoms with Crippen molar-refractivity contribution in [2.45, 2.75) is 45.7 Å². The van der Waals surface area contributed by atoms with E-state index in [4.69, 9.17) is 16.3 Å². The molecule has 2 atom stereocenters. The van der Waals surface area contributed by atoms with Gasteiger partial charge < -0.3 is 10.1 Å². The minimum Gasteiger partial charge on any atom is -0.373 e. The number of morpholine rings is 1. The van der Waals surface area contributed by atoms with Crippen LogP contribution in [-0.2, 0) is 24.4 Å². The summed E-state index contributed by atoms with van der Waals surface area (Å²) in [7, 11) is 0. The Balaban J connectivity index is 1.50. The molecule has 0 spiro atoms. The first kappa shape index (κ1) is 19.3. The number of nitrogens with zero attached hydrogens (tertiary/aromatic N) is 1. The van der Waals surface area contributed by atoms with Crippen LogP contribution in [0.1, 0.15) is 30.5 Å². The molecule has 0 aromatic heterocycles. The number of ether oxygens (including phenoxy) is 1. The van der Waals surface area contributed by atoms with Gasteiger partial charge in [-0.15, -0.1) is 0 Å². The van der Waals surface area contributed by atoms with Gasteiger partial charge in [0.2, 0.25) is 0 Å². The fourth-order valence-corrected chi connectivity index (χ4v) is 3.70. The Morgan fingerprint density at radius 1 is 1.04 bits per heavy atom. The number of nitrogens with one attached hydrogen (secondary N) is 1. The van der Waals surface area contributed by atoms with Crippen LogP contribution in [0.25, 0.3) is 0 Å². The molecule has 0 bridgehead atoms. The lowest BCUT2D eigenvalue weighted by Gasteiger charge is -2.35. The van der Waals surface area contributed by atoms with Crippen molar-refractivity contribution in [1.82, 2.24) is 10.2 Å². The second kappa shape index (κ2) is 8.96. The van der Waals surface area contributed by atoms with Crippen LogP contribution in [0.3, 0.4) is 0 Å². The van der Waals surface area contributed by atoms with Crippen molar-refractivity contribution in [3.8, 4) is 0 Å². The number of hydrogen-bond donors (Lipinski definition) is 1. The molecule has 3 rings (SSSR count). The first-order valence-corrected chi connectivity index (χ1v) is 9.48. The quantitative estimate of drug-likeness (QED) is 0.809. The zero-order valence-corrected chi connectivity index (χ0v) is 16.1. The van der Waals surface area contributed by atoms with Crippen molar-refractivity contribution in [1.29, 1.82) is 0 Å². The minimum atomic E-state index is -0.269. The van der Waals surface area contributed by atoms with Gasteiger partial charge in [-0.3, -0.25) is 4.90 Å². The molecule has 1 aliphatic rings. The molecule has 1 N–H and O–H groups in total. The fourth-order valence-electron chi connectivity index (χ4n) is 3.47. The average Bonchev–Trinajstić information content (AvgIpc) is 2.58. The van der Waals surface area contributed by atoms with E-state index in [9.17, 15) is 4.39 Å². The SMILES string of the molecule is C[C@@H]1CN(Cc2ccc(CNCc3c(F)cccc3Cl)cc2)C[C@@H](C)O1. The van der Waals surface area contributed by atoms with Crippen LogP contribution < -0.4 is 5.32 Å². The minimum absolute atomic E-state index is 0.269. The molecule has 3 nitrogen and oxygen atoms in total. The van der Waals surface area contributed by atoms with E-state index in [2.05, 4.69) is 48.3 Å². The van der Waals surface area contributed by atoms with E-state index in [1.165, 1.54) is 17.2 Å². The van der Waals surface area contributed by atoms with Crippen LogP contribution in [0.4, 0.5) is 4.39 Å². The summed E-state index contributed by atoms with van der Waals surface area (Å²) in [5.74, 6) is -0.269. The van der Waals surface area contributed by atoms with Crippen molar-refractivity contribution >= 4 is 11.6 Å². The van der Waals surface area contributed by atoms with Crippen LogP contribution in [0.15, 0.2) is 42.5 Å². The van der Waals surface area contributed by atoms with Gasteiger partial charge in [0.05, 0.1) is 12.2 Å². The highest BCUT2D eigenvalue weighted by Crippen LogP contribution is 2.19. The van der Waals surface area contributed by atoms with E-state index in [0.29, 0.717) is 23.7 Å².